The van der Waals surface area contributed by atoms with Crippen LogP contribution in [0.15, 0.2) is 54.9 Å². The van der Waals surface area contributed by atoms with Crippen molar-refractivity contribution in [3.05, 3.63) is 76.6 Å². The SMILES string of the molecule is COc1cc(OC)c(C2=CCN(C(=O)c3cnn(Cc4ccccc4Cl)c3)CC2)c(OC)c1. The molecule has 2 aromatic carbocycles. The zero-order valence-electron chi connectivity index (χ0n) is 18.9. The normalized spacial score (nSPS) is 13.5. The van der Waals surface area contributed by atoms with Gasteiger partial charge in [-0.25, -0.2) is 0 Å². The molecule has 2 heterocycles. The van der Waals surface area contributed by atoms with Gasteiger partial charge in [-0.1, -0.05) is 35.9 Å². The molecule has 172 valence electrons. The first-order valence-electron chi connectivity index (χ1n) is 10.6. The number of carbonyl (C=O) groups is 1. The summed E-state index contributed by atoms with van der Waals surface area (Å²) in [5, 5.41) is 5.02. The molecule has 8 heteroatoms. The van der Waals surface area contributed by atoms with Crippen LogP contribution in [0.25, 0.3) is 5.57 Å². The number of carbonyl (C=O) groups excluding carboxylic acids is 1. The van der Waals surface area contributed by atoms with Crippen molar-refractivity contribution in [1.29, 1.82) is 0 Å². The second kappa shape index (κ2) is 10.0. The van der Waals surface area contributed by atoms with Crippen LogP contribution < -0.4 is 14.2 Å². The third kappa shape index (κ3) is 4.83. The van der Waals surface area contributed by atoms with E-state index in [1.165, 1.54) is 0 Å². The molecule has 0 saturated heterocycles. The summed E-state index contributed by atoms with van der Waals surface area (Å²) in [4.78, 5) is 14.9. The molecule has 0 saturated carbocycles. The van der Waals surface area contributed by atoms with E-state index in [0.717, 1.165) is 16.7 Å². The summed E-state index contributed by atoms with van der Waals surface area (Å²) in [7, 11) is 4.85. The Morgan fingerprint density at radius 1 is 1.09 bits per heavy atom. The number of amides is 1. The predicted octanol–water partition coefficient (Wildman–Crippen LogP) is 4.54. The largest absolute Gasteiger partial charge is 0.496 e. The van der Waals surface area contributed by atoms with E-state index in [2.05, 4.69) is 5.10 Å². The Kier molecular flexibility index (Phi) is 6.89. The van der Waals surface area contributed by atoms with Gasteiger partial charge in [0.15, 0.2) is 0 Å². The summed E-state index contributed by atoms with van der Waals surface area (Å²) in [5.41, 5.74) is 3.47. The Balaban J connectivity index is 1.49. The molecule has 0 bridgehead atoms. The van der Waals surface area contributed by atoms with Crippen LogP contribution in [0.3, 0.4) is 0 Å². The lowest BCUT2D eigenvalue weighted by atomic mass is 9.97. The Morgan fingerprint density at radius 3 is 2.42 bits per heavy atom. The van der Waals surface area contributed by atoms with E-state index in [1.807, 2.05) is 47.4 Å². The van der Waals surface area contributed by atoms with Crippen LogP contribution in [0, 0.1) is 0 Å². The number of aromatic nitrogens is 2. The lowest BCUT2D eigenvalue weighted by Gasteiger charge is -2.27. The fraction of sp³-hybridized carbons (Fsp3) is 0.280. The van der Waals surface area contributed by atoms with Gasteiger partial charge in [0.25, 0.3) is 5.91 Å². The van der Waals surface area contributed by atoms with Crippen LogP contribution >= 0.6 is 11.6 Å². The molecule has 0 atom stereocenters. The molecule has 33 heavy (non-hydrogen) atoms. The van der Waals surface area contributed by atoms with Crippen molar-refractivity contribution in [3.8, 4) is 17.2 Å². The molecule has 1 amide bonds. The smallest absolute Gasteiger partial charge is 0.257 e. The van der Waals surface area contributed by atoms with Crippen LogP contribution in [0.2, 0.25) is 5.02 Å². The maximum Gasteiger partial charge on any atom is 0.257 e. The van der Waals surface area contributed by atoms with Crippen molar-refractivity contribution in [3.63, 3.8) is 0 Å². The zero-order valence-corrected chi connectivity index (χ0v) is 19.6. The molecular weight excluding hydrogens is 442 g/mol. The van der Waals surface area contributed by atoms with E-state index in [0.29, 0.717) is 53.9 Å². The van der Waals surface area contributed by atoms with E-state index in [4.69, 9.17) is 25.8 Å². The summed E-state index contributed by atoms with van der Waals surface area (Å²) in [6.45, 7) is 1.58. The molecule has 0 unspecified atom stereocenters. The highest BCUT2D eigenvalue weighted by molar-refractivity contribution is 6.31. The van der Waals surface area contributed by atoms with E-state index < -0.39 is 0 Å². The number of hydrogen-bond acceptors (Lipinski definition) is 5. The van der Waals surface area contributed by atoms with E-state index in [1.54, 1.807) is 38.4 Å². The molecule has 0 radical (unpaired) electrons. The maximum atomic E-state index is 13.1. The molecule has 7 nitrogen and oxygen atoms in total. The number of nitrogens with zero attached hydrogens (tertiary/aromatic N) is 3. The summed E-state index contributed by atoms with van der Waals surface area (Å²) >= 11 is 6.24. The molecule has 3 aromatic rings. The van der Waals surface area contributed by atoms with Gasteiger partial charge < -0.3 is 19.1 Å². The molecule has 1 aromatic heterocycles. The van der Waals surface area contributed by atoms with Crippen LogP contribution in [0.4, 0.5) is 0 Å². The Hall–Kier alpha value is -3.45. The minimum absolute atomic E-state index is 0.0515. The second-order valence-electron chi connectivity index (χ2n) is 7.66. The van der Waals surface area contributed by atoms with E-state index >= 15 is 0 Å². The molecule has 0 spiro atoms. The number of ether oxygens (including phenoxy) is 3. The number of rotatable bonds is 7. The molecule has 1 aliphatic rings. The van der Waals surface area contributed by atoms with Crippen molar-refractivity contribution in [2.75, 3.05) is 34.4 Å². The van der Waals surface area contributed by atoms with Crippen molar-refractivity contribution in [1.82, 2.24) is 14.7 Å². The molecule has 1 aliphatic heterocycles. The van der Waals surface area contributed by atoms with Gasteiger partial charge in [0.05, 0.1) is 45.2 Å². The zero-order chi connectivity index (χ0) is 23.4. The van der Waals surface area contributed by atoms with Crippen LogP contribution in [-0.4, -0.2) is 55.0 Å². The van der Waals surface area contributed by atoms with Gasteiger partial charge in [-0.15, -0.1) is 0 Å². The number of halogens is 1. The second-order valence-corrected chi connectivity index (χ2v) is 8.06. The first-order chi connectivity index (χ1) is 16.0. The Morgan fingerprint density at radius 2 is 1.82 bits per heavy atom. The lowest BCUT2D eigenvalue weighted by Crippen LogP contribution is -2.34. The van der Waals surface area contributed by atoms with Crippen molar-refractivity contribution >= 4 is 23.1 Å². The number of hydrogen-bond donors (Lipinski definition) is 0. The van der Waals surface area contributed by atoms with Crippen molar-refractivity contribution < 1.29 is 19.0 Å². The minimum atomic E-state index is -0.0515. The number of methoxy groups -OCH3 is 3. The van der Waals surface area contributed by atoms with Crippen LogP contribution in [0.1, 0.15) is 27.9 Å². The highest BCUT2D eigenvalue weighted by Crippen LogP contribution is 2.40. The van der Waals surface area contributed by atoms with Crippen LogP contribution in [0.5, 0.6) is 17.2 Å². The predicted molar refractivity (Wildman–Crippen MR) is 127 cm³/mol. The third-order valence-electron chi connectivity index (χ3n) is 5.70. The van der Waals surface area contributed by atoms with Gasteiger partial charge in [-0.3, -0.25) is 9.48 Å². The standard InChI is InChI=1S/C25H26ClN3O4/c1-31-20-12-22(32-2)24(23(13-20)33-3)17-8-10-28(11-9-17)25(30)19-14-27-29(16-19)15-18-6-4-5-7-21(18)26/h4-8,12-14,16H,9-11,15H2,1-3H3. The maximum absolute atomic E-state index is 13.1. The highest BCUT2D eigenvalue weighted by Gasteiger charge is 2.24. The fourth-order valence-corrected chi connectivity index (χ4v) is 4.14. The fourth-order valence-electron chi connectivity index (χ4n) is 3.95. The summed E-state index contributed by atoms with van der Waals surface area (Å²) in [6, 6.07) is 11.3. The van der Waals surface area contributed by atoms with E-state index in [-0.39, 0.29) is 5.91 Å². The summed E-state index contributed by atoms with van der Waals surface area (Å²) in [5.74, 6) is 1.97. The van der Waals surface area contributed by atoms with Gasteiger partial charge in [-0.2, -0.15) is 5.10 Å². The third-order valence-corrected chi connectivity index (χ3v) is 6.07. The van der Waals surface area contributed by atoms with Crippen molar-refractivity contribution in [2.24, 2.45) is 0 Å². The molecule has 0 aliphatic carbocycles. The molecular formula is C25H26ClN3O4. The molecule has 0 fully saturated rings. The first-order valence-corrected chi connectivity index (χ1v) is 11.0. The van der Waals surface area contributed by atoms with Gasteiger partial charge in [0.1, 0.15) is 17.2 Å². The number of benzene rings is 2. The minimum Gasteiger partial charge on any atom is -0.496 e. The van der Waals surface area contributed by atoms with Gasteiger partial charge in [0.2, 0.25) is 0 Å². The van der Waals surface area contributed by atoms with Gasteiger partial charge in [-0.05, 0) is 23.6 Å². The van der Waals surface area contributed by atoms with Crippen molar-refractivity contribution in [2.45, 2.75) is 13.0 Å². The average molecular weight is 468 g/mol. The molecule has 0 N–H and O–H groups in total. The quantitative estimate of drug-likeness (QED) is 0.510. The lowest BCUT2D eigenvalue weighted by molar-refractivity contribution is 0.0772. The van der Waals surface area contributed by atoms with Gasteiger partial charge in [0, 0.05) is 36.4 Å². The summed E-state index contributed by atoms with van der Waals surface area (Å²) in [6.07, 6.45) is 6.09. The summed E-state index contributed by atoms with van der Waals surface area (Å²) < 4.78 is 18.2. The van der Waals surface area contributed by atoms with Gasteiger partial charge >= 0.3 is 0 Å². The first kappa shape index (κ1) is 22.7. The van der Waals surface area contributed by atoms with Crippen LogP contribution in [-0.2, 0) is 6.54 Å². The topological polar surface area (TPSA) is 65.8 Å². The van der Waals surface area contributed by atoms with E-state index in [9.17, 15) is 4.79 Å². The molecule has 4 rings (SSSR count). The monoisotopic (exact) mass is 467 g/mol. The highest BCUT2D eigenvalue weighted by atomic mass is 35.5. The Bertz CT molecular complexity index is 1160. The average Bonchev–Trinajstić information content (AvgIpc) is 3.32. The Labute approximate surface area is 198 Å².